The molecule has 0 aliphatic heterocycles. The molecule has 0 radical (unpaired) electrons. The van der Waals surface area contributed by atoms with E-state index in [-0.39, 0.29) is 17.4 Å². The highest BCUT2D eigenvalue weighted by Gasteiger charge is 2.43. The van der Waals surface area contributed by atoms with Gasteiger partial charge < -0.3 is 9.64 Å². The molecule has 1 unspecified atom stereocenters. The molecule has 1 amide bonds. The fourth-order valence-corrected chi connectivity index (χ4v) is 2.48. The van der Waals surface area contributed by atoms with Crippen LogP contribution in [0.25, 0.3) is 0 Å². The molecule has 1 fully saturated rings. The van der Waals surface area contributed by atoms with Crippen LogP contribution >= 0.6 is 12.6 Å². The number of methoxy groups -OCH3 is 1. The third-order valence-electron chi connectivity index (χ3n) is 3.42. The Kier molecular flexibility index (Phi) is 5.12. The Hall–Kier alpha value is -0.220. The van der Waals surface area contributed by atoms with E-state index in [1.54, 1.807) is 7.11 Å². The van der Waals surface area contributed by atoms with E-state index in [0.717, 1.165) is 25.1 Å². The second-order valence-corrected chi connectivity index (χ2v) is 5.14. The van der Waals surface area contributed by atoms with Crippen molar-refractivity contribution in [2.75, 3.05) is 26.0 Å². The zero-order valence-corrected chi connectivity index (χ0v) is 11.4. The molecule has 0 aromatic rings. The zero-order valence-electron chi connectivity index (χ0n) is 10.5. The molecule has 16 heavy (non-hydrogen) atoms. The number of carbonyl (C=O) groups is 1. The minimum Gasteiger partial charge on any atom is -0.383 e. The minimum atomic E-state index is 0.165. The predicted molar refractivity (Wildman–Crippen MR) is 68.9 cm³/mol. The molecule has 4 heteroatoms. The number of nitrogens with zero attached hydrogens (tertiary/aromatic N) is 1. The lowest BCUT2D eigenvalue weighted by atomic mass is 10.0. The van der Waals surface area contributed by atoms with Crippen LogP contribution in [-0.4, -0.2) is 42.9 Å². The van der Waals surface area contributed by atoms with Gasteiger partial charge in [0.05, 0.1) is 12.6 Å². The van der Waals surface area contributed by atoms with Gasteiger partial charge >= 0.3 is 0 Å². The lowest BCUT2D eigenvalue weighted by Crippen LogP contribution is -2.41. The molecule has 0 aromatic heterocycles. The third-order valence-corrected chi connectivity index (χ3v) is 4.09. The van der Waals surface area contributed by atoms with Crippen LogP contribution in [0.5, 0.6) is 0 Å². The topological polar surface area (TPSA) is 29.5 Å². The summed E-state index contributed by atoms with van der Waals surface area (Å²) >= 11 is 4.33. The van der Waals surface area contributed by atoms with Gasteiger partial charge in [-0.3, -0.25) is 4.79 Å². The van der Waals surface area contributed by atoms with E-state index >= 15 is 0 Å². The standard InChI is InChI=1S/C12H23NO2S/c1-4-13(10(2)8-15-3)11(14)7-12(9-16)5-6-12/h10,16H,4-9H2,1-3H3. The summed E-state index contributed by atoms with van der Waals surface area (Å²) in [7, 11) is 1.67. The number of carbonyl (C=O) groups excluding carboxylic acids is 1. The minimum absolute atomic E-state index is 0.165. The van der Waals surface area contributed by atoms with Crippen LogP contribution in [0.2, 0.25) is 0 Å². The Morgan fingerprint density at radius 1 is 1.56 bits per heavy atom. The summed E-state index contributed by atoms with van der Waals surface area (Å²) in [5, 5.41) is 0. The van der Waals surface area contributed by atoms with Gasteiger partial charge in [0.2, 0.25) is 5.91 Å². The molecule has 1 rings (SSSR count). The Morgan fingerprint density at radius 3 is 2.56 bits per heavy atom. The summed E-state index contributed by atoms with van der Waals surface area (Å²) in [6.07, 6.45) is 2.95. The van der Waals surface area contributed by atoms with Gasteiger partial charge in [0.1, 0.15) is 0 Å². The fraction of sp³-hybridized carbons (Fsp3) is 0.917. The third kappa shape index (κ3) is 3.39. The monoisotopic (exact) mass is 245 g/mol. The maximum atomic E-state index is 12.1. The van der Waals surface area contributed by atoms with Gasteiger partial charge in [-0.25, -0.2) is 0 Å². The van der Waals surface area contributed by atoms with Crippen LogP contribution in [0, 0.1) is 5.41 Å². The van der Waals surface area contributed by atoms with Crippen molar-refractivity contribution in [3.63, 3.8) is 0 Å². The molecular weight excluding hydrogens is 222 g/mol. The molecule has 0 spiro atoms. The summed E-state index contributed by atoms with van der Waals surface area (Å²) in [6.45, 7) is 5.41. The van der Waals surface area contributed by atoms with E-state index in [2.05, 4.69) is 12.6 Å². The summed E-state index contributed by atoms with van der Waals surface area (Å²) in [5.74, 6) is 1.08. The zero-order chi connectivity index (χ0) is 12.2. The highest BCUT2D eigenvalue weighted by atomic mass is 32.1. The van der Waals surface area contributed by atoms with Crippen LogP contribution in [0.15, 0.2) is 0 Å². The normalized spacial score (nSPS) is 19.2. The van der Waals surface area contributed by atoms with Crippen molar-refractivity contribution in [1.82, 2.24) is 4.90 Å². The molecule has 1 aliphatic carbocycles. The molecular formula is C12H23NO2S. The smallest absolute Gasteiger partial charge is 0.223 e. The van der Waals surface area contributed by atoms with Gasteiger partial charge in [-0.05, 0) is 37.9 Å². The Morgan fingerprint density at radius 2 is 2.19 bits per heavy atom. The van der Waals surface area contributed by atoms with Crippen molar-refractivity contribution in [3.05, 3.63) is 0 Å². The molecule has 0 saturated heterocycles. The van der Waals surface area contributed by atoms with Crippen LogP contribution in [0.4, 0.5) is 0 Å². The average molecular weight is 245 g/mol. The second kappa shape index (κ2) is 5.92. The number of rotatable bonds is 7. The van der Waals surface area contributed by atoms with Crippen molar-refractivity contribution < 1.29 is 9.53 Å². The number of likely N-dealkylation sites (N-methyl/N-ethyl adjacent to an activating group) is 1. The molecule has 1 aliphatic rings. The average Bonchev–Trinajstić information content (AvgIpc) is 3.00. The number of amides is 1. The van der Waals surface area contributed by atoms with E-state index in [9.17, 15) is 4.79 Å². The van der Waals surface area contributed by atoms with E-state index in [1.165, 1.54) is 0 Å². The number of ether oxygens (including phenoxy) is 1. The van der Waals surface area contributed by atoms with Crippen molar-refractivity contribution in [2.24, 2.45) is 5.41 Å². The van der Waals surface area contributed by atoms with Gasteiger partial charge in [0.25, 0.3) is 0 Å². The summed E-state index contributed by atoms with van der Waals surface area (Å²) in [5.41, 5.74) is 0.209. The highest BCUT2D eigenvalue weighted by Crippen LogP contribution is 2.49. The van der Waals surface area contributed by atoms with Crippen molar-refractivity contribution in [3.8, 4) is 0 Å². The van der Waals surface area contributed by atoms with Crippen LogP contribution in [0.1, 0.15) is 33.1 Å². The molecule has 3 nitrogen and oxygen atoms in total. The van der Waals surface area contributed by atoms with Crippen molar-refractivity contribution >= 4 is 18.5 Å². The lowest BCUT2D eigenvalue weighted by Gasteiger charge is -2.29. The molecule has 1 atom stereocenters. The van der Waals surface area contributed by atoms with Crippen LogP contribution < -0.4 is 0 Å². The van der Waals surface area contributed by atoms with E-state index in [1.807, 2.05) is 18.7 Å². The van der Waals surface area contributed by atoms with Crippen molar-refractivity contribution in [1.29, 1.82) is 0 Å². The van der Waals surface area contributed by atoms with Crippen LogP contribution in [-0.2, 0) is 9.53 Å². The van der Waals surface area contributed by atoms with E-state index in [4.69, 9.17) is 4.74 Å². The predicted octanol–water partition coefficient (Wildman–Crippen LogP) is 1.97. The van der Waals surface area contributed by atoms with E-state index in [0.29, 0.717) is 13.0 Å². The van der Waals surface area contributed by atoms with Gasteiger partial charge in [0, 0.05) is 20.1 Å². The first-order chi connectivity index (χ1) is 7.58. The highest BCUT2D eigenvalue weighted by molar-refractivity contribution is 7.80. The Balaban J connectivity index is 2.49. The Labute approximate surface area is 104 Å². The summed E-state index contributed by atoms with van der Waals surface area (Å²) in [6, 6.07) is 0.165. The largest absolute Gasteiger partial charge is 0.383 e. The van der Waals surface area contributed by atoms with Crippen molar-refractivity contribution in [2.45, 2.75) is 39.2 Å². The number of hydrogen-bond donors (Lipinski definition) is 1. The first-order valence-electron chi connectivity index (χ1n) is 5.98. The summed E-state index contributed by atoms with van der Waals surface area (Å²) in [4.78, 5) is 14.1. The summed E-state index contributed by atoms with van der Waals surface area (Å²) < 4.78 is 5.10. The molecule has 0 bridgehead atoms. The van der Waals surface area contributed by atoms with E-state index < -0.39 is 0 Å². The number of thiol groups is 1. The molecule has 94 valence electrons. The maximum Gasteiger partial charge on any atom is 0.223 e. The molecule has 0 N–H and O–H groups in total. The first-order valence-corrected chi connectivity index (χ1v) is 6.61. The van der Waals surface area contributed by atoms with Gasteiger partial charge in [-0.1, -0.05) is 0 Å². The van der Waals surface area contributed by atoms with Gasteiger partial charge in [0.15, 0.2) is 0 Å². The molecule has 0 heterocycles. The maximum absolute atomic E-state index is 12.1. The fourth-order valence-electron chi connectivity index (χ4n) is 2.05. The number of hydrogen-bond acceptors (Lipinski definition) is 3. The quantitative estimate of drug-likeness (QED) is 0.695. The van der Waals surface area contributed by atoms with Gasteiger partial charge in [-0.2, -0.15) is 12.6 Å². The van der Waals surface area contributed by atoms with Crippen LogP contribution in [0.3, 0.4) is 0 Å². The Bertz CT molecular complexity index is 241. The second-order valence-electron chi connectivity index (χ2n) is 4.82. The molecule has 1 saturated carbocycles. The van der Waals surface area contributed by atoms with Gasteiger partial charge in [-0.15, -0.1) is 0 Å². The first kappa shape index (κ1) is 13.8. The lowest BCUT2D eigenvalue weighted by molar-refractivity contribution is -0.135. The molecule has 0 aromatic carbocycles. The SMILES string of the molecule is CCN(C(=O)CC1(CS)CC1)C(C)COC.